The minimum Gasteiger partial charge on any atom is -0.389 e. The van der Waals surface area contributed by atoms with E-state index in [9.17, 15) is 5.11 Å². The molecular formula is C13H24O2. The number of hydrogen-bond donors (Lipinski definition) is 1. The summed E-state index contributed by atoms with van der Waals surface area (Å²) in [5.41, 5.74) is 0.197. The van der Waals surface area contributed by atoms with Gasteiger partial charge in [-0.3, -0.25) is 0 Å². The van der Waals surface area contributed by atoms with Crippen molar-refractivity contribution in [1.29, 1.82) is 0 Å². The fourth-order valence-corrected chi connectivity index (χ4v) is 2.25. The Bertz CT molecular complexity index is 243. The largest absolute Gasteiger partial charge is 0.389 e. The molecule has 2 heteroatoms. The summed E-state index contributed by atoms with van der Waals surface area (Å²) >= 11 is 0. The van der Waals surface area contributed by atoms with Crippen molar-refractivity contribution in [3.63, 3.8) is 0 Å². The molecule has 0 aliphatic carbocycles. The maximum absolute atomic E-state index is 10.6. The molecule has 0 aromatic carbocycles. The van der Waals surface area contributed by atoms with Gasteiger partial charge in [0.15, 0.2) is 0 Å². The number of hydrogen-bond acceptors (Lipinski definition) is 2. The molecule has 0 radical (unpaired) electrons. The van der Waals surface area contributed by atoms with Gasteiger partial charge in [0.1, 0.15) is 0 Å². The summed E-state index contributed by atoms with van der Waals surface area (Å²) in [6.45, 7) is 12.9. The van der Waals surface area contributed by atoms with Crippen molar-refractivity contribution >= 4 is 0 Å². The second kappa shape index (κ2) is 4.26. The van der Waals surface area contributed by atoms with Crippen LogP contribution < -0.4 is 0 Å². The molecule has 0 aromatic rings. The Morgan fingerprint density at radius 3 is 2.53 bits per heavy atom. The van der Waals surface area contributed by atoms with E-state index in [2.05, 4.69) is 34.3 Å². The molecule has 1 unspecified atom stereocenters. The lowest BCUT2D eigenvalue weighted by Crippen LogP contribution is -2.45. The molecule has 88 valence electrons. The lowest BCUT2D eigenvalue weighted by Gasteiger charge is -2.41. The van der Waals surface area contributed by atoms with E-state index in [0.29, 0.717) is 12.8 Å². The quantitative estimate of drug-likeness (QED) is 0.677. The zero-order valence-corrected chi connectivity index (χ0v) is 10.5. The van der Waals surface area contributed by atoms with E-state index >= 15 is 0 Å². The first kappa shape index (κ1) is 12.7. The van der Waals surface area contributed by atoms with E-state index in [-0.39, 0.29) is 11.5 Å². The number of aliphatic hydroxyl groups is 1. The highest BCUT2D eigenvalue weighted by atomic mass is 16.5. The molecule has 1 heterocycles. The average molecular weight is 212 g/mol. The van der Waals surface area contributed by atoms with Crippen LogP contribution in [0.15, 0.2) is 12.2 Å². The number of ether oxygens (including phenoxy) is 1. The van der Waals surface area contributed by atoms with Crippen molar-refractivity contribution in [3.05, 3.63) is 12.2 Å². The highest BCUT2D eigenvalue weighted by molar-refractivity contribution is 5.05. The fraction of sp³-hybridized carbons (Fsp3) is 0.846. The van der Waals surface area contributed by atoms with E-state index in [1.165, 1.54) is 0 Å². The SMILES string of the molecule is C=C1CCOC(C)(C)CC(O)(C(C)C)C1. The summed E-state index contributed by atoms with van der Waals surface area (Å²) in [6, 6.07) is 0. The second-order valence-corrected chi connectivity index (χ2v) is 5.72. The van der Waals surface area contributed by atoms with Gasteiger partial charge in [-0.25, -0.2) is 0 Å². The van der Waals surface area contributed by atoms with Crippen LogP contribution in [0.5, 0.6) is 0 Å². The Morgan fingerprint density at radius 2 is 2.00 bits per heavy atom. The van der Waals surface area contributed by atoms with Gasteiger partial charge in [0.05, 0.1) is 17.8 Å². The molecule has 0 aromatic heterocycles. The molecule has 1 fully saturated rings. The first-order chi connectivity index (χ1) is 6.75. The molecule has 1 saturated heterocycles. The summed E-state index contributed by atoms with van der Waals surface area (Å²) < 4.78 is 5.77. The van der Waals surface area contributed by atoms with Crippen LogP contribution in [-0.2, 0) is 4.74 Å². The lowest BCUT2D eigenvalue weighted by atomic mass is 9.76. The summed E-state index contributed by atoms with van der Waals surface area (Å²) in [4.78, 5) is 0. The van der Waals surface area contributed by atoms with Gasteiger partial charge in [-0.05, 0) is 32.6 Å². The van der Waals surface area contributed by atoms with Crippen LogP contribution >= 0.6 is 0 Å². The van der Waals surface area contributed by atoms with Gasteiger partial charge in [-0.2, -0.15) is 0 Å². The van der Waals surface area contributed by atoms with Gasteiger partial charge >= 0.3 is 0 Å². The van der Waals surface area contributed by atoms with E-state index < -0.39 is 5.60 Å². The summed E-state index contributed by atoms with van der Waals surface area (Å²) in [6.07, 6.45) is 2.24. The molecule has 1 aliphatic rings. The van der Waals surface area contributed by atoms with Crippen LogP contribution in [0, 0.1) is 5.92 Å². The minimum atomic E-state index is -0.666. The molecule has 0 amide bonds. The number of rotatable bonds is 1. The van der Waals surface area contributed by atoms with E-state index in [1.807, 2.05) is 0 Å². The van der Waals surface area contributed by atoms with E-state index in [0.717, 1.165) is 18.6 Å². The zero-order chi connectivity index (χ0) is 11.7. The molecule has 2 nitrogen and oxygen atoms in total. The first-order valence-corrected chi connectivity index (χ1v) is 5.78. The highest BCUT2D eigenvalue weighted by Crippen LogP contribution is 2.37. The van der Waals surface area contributed by atoms with Gasteiger partial charge in [0.2, 0.25) is 0 Å². The Hall–Kier alpha value is -0.340. The fourth-order valence-electron chi connectivity index (χ4n) is 2.25. The lowest BCUT2D eigenvalue weighted by molar-refractivity contribution is -0.111. The van der Waals surface area contributed by atoms with Crippen LogP contribution in [0.3, 0.4) is 0 Å². The molecule has 1 N–H and O–H groups in total. The second-order valence-electron chi connectivity index (χ2n) is 5.72. The van der Waals surface area contributed by atoms with Crippen molar-refractivity contribution < 1.29 is 9.84 Å². The van der Waals surface area contributed by atoms with E-state index in [1.54, 1.807) is 0 Å². The Balaban J connectivity index is 2.86. The summed E-state index contributed by atoms with van der Waals surface area (Å²) in [7, 11) is 0. The Morgan fingerprint density at radius 1 is 1.40 bits per heavy atom. The molecule has 0 bridgehead atoms. The van der Waals surface area contributed by atoms with Crippen molar-refractivity contribution in [2.24, 2.45) is 5.92 Å². The highest BCUT2D eigenvalue weighted by Gasteiger charge is 2.39. The van der Waals surface area contributed by atoms with Crippen LogP contribution in [0.4, 0.5) is 0 Å². The topological polar surface area (TPSA) is 29.5 Å². The van der Waals surface area contributed by atoms with Crippen molar-refractivity contribution in [2.75, 3.05) is 6.61 Å². The molecule has 0 saturated carbocycles. The molecular weight excluding hydrogens is 188 g/mol. The van der Waals surface area contributed by atoms with Gasteiger partial charge in [0.25, 0.3) is 0 Å². The van der Waals surface area contributed by atoms with Crippen LogP contribution in [0.1, 0.15) is 47.0 Å². The van der Waals surface area contributed by atoms with Gasteiger partial charge in [-0.15, -0.1) is 0 Å². The predicted molar refractivity (Wildman–Crippen MR) is 62.8 cm³/mol. The van der Waals surface area contributed by atoms with Crippen LogP contribution in [0.2, 0.25) is 0 Å². The molecule has 1 atom stereocenters. The molecule has 15 heavy (non-hydrogen) atoms. The average Bonchev–Trinajstić information content (AvgIpc) is 1.99. The maximum Gasteiger partial charge on any atom is 0.0734 e. The molecule has 1 rings (SSSR count). The molecule has 1 aliphatic heterocycles. The third kappa shape index (κ3) is 3.32. The van der Waals surface area contributed by atoms with Crippen LogP contribution in [0.25, 0.3) is 0 Å². The maximum atomic E-state index is 10.6. The van der Waals surface area contributed by atoms with Crippen molar-refractivity contribution in [1.82, 2.24) is 0 Å². The van der Waals surface area contributed by atoms with Crippen molar-refractivity contribution in [3.8, 4) is 0 Å². The summed E-state index contributed by atoms with van der Waals surface area (Å²) in [5, 5.41) is 10.6. The van der Waals surface area contributed by atoms with Gasteiger partial charge < -0.3 is 9.84 Å². The first-order valence-electron chi connectivity index (χ1n) is 5.78. The minimum absolute atomic E-state index is 0.232. The normalized spacial score (nSPS) is 32.5. The smallest absolute Gasteiger partial charge is 0.0734 e. The summed E-state index contributed by atoms with van der Waals surface area (Å²) in [5.74, 6) is 0.232. The van der Waals surface area contributed by atoms with E-state index in [4.69, 9.17) is 4.74 Å². The molecule has 0 spiro atoms. The van der Waals surface area contributed by atoms with Gasteiger partial charge in [0, 0.05) is 6.42 Å². The third-order valence-corrected chi connectivity index (χ3v) is 3.31. The Kier molecular flexibility index (Phi) is 3.62. The zero-order valence-electron chi connectivity index (χ0n) is 10.5. The third-order valence-electron chi connectivity index (χ3n) is 3.31. The monoisotopic (exact) mass is 212 g/mol. The standard InChI is InChI=1S/C13H24O2/c1-10(2)13(14)8-11(3)6-7-15-12(4,5)9-13/h10,14H,3,6-9H2,1-2,4-5H3. The predicted octanol–water partition coefficient (Wildman–Crippen LogP) is 2.91. The van der Waals surface area contributed by atoms with Gasteiger partial charge in [-0.1, -0.05) is 26.0 Å². The van der Waals surface area contributed by atoms with Crippen LogP contribution in [-0.4, -0.2) is 22.9 Å². The Labute approximate surface area is 93.3 Å². The van der Waals surface area contributed by atoms with Crippen molar-refractivity contribution in [2.45, 2.75) is 58.2 Å².